The van der Waals surface area contributed by atoms with Crippen LogP contribution in [0.3, 0.4) is 0 Å². The molecule has 2 N–H and O–H groups in total. The summed E-state index contributed by atoms with van der Waals surface area (Å²) >= 11 is 6.04. The van der Waals surface area contributed by atoms with Crippen LogP contribution in [0, 0.1) is 0 Å². The Labute approximate surface area is 115 Å². The van der Waals surface area contributed by atoms with Gasteiger partial charge in [-0.15, -0.1) is 0 Å². The summed E-state index contributed by atoms with van der Waals surface area (Å²) in [7, 11) is 1.54. The number of carbonyl (C=O) groups excluding carboxylic acids is 1. The molecule has 0 aliphatic rings. The topological polar surface area (TPSA) is 84.7 Å². The van der Waals surface area contributed by atoms with Gasteiger partial charge in [-0.2, -0.15) is 10.1 Å². The number of nitrogens with zero attached hydrogens (tertiary/aromatic N) is 4. The third kappa shape index (κ3) is 2.82. The molecular weight excluding hydrogens is 268 g/mol. The summed E-state index contributed by atoms with van der Waals surface area (Å²) in [5.74, 6) is 0.609. The van der Waals surface area contributed by atoms with Crippen LogP contribution in [0.25, 0.3) is 5.82 Å². The first-order valence-corrected chi connectivity index (χ1v) is 6.08. The van der Waals surface area contributed by atoms with Gasteiger partial charge in [0.2, 0.25) is 5.95 Å². The third-order valence-corrected chi connectivity index (χ3v) is 2.59. The molecule has 2 aromatic rings. The normalized spacial score (nSPS) is 10.3. The molecule has 19 heavy (non-hydrogen) atoms. The highest BCUT2D eigenvalue weighted by molar-refractivity contribution is 6.32. The van der Waals surface area contributed by atoms with E-state index in [1.807, 2.05) is 6.92 Å². The van der Waals surface area contributed by atoms with Crippen LogP contribution >= 0.6 is 11.6 Å². The molecule has 0 atom stereocenters. The van der Waals surface area contributed by atoms with Crippen molar-refractivity contribution in [2.24, 2.45) is 0 Å². The highest BCUT2D eigenvalue weighted by Crippen LogP contribution is 2.18. The van der Waals surface area contributed by atoms with Gasteiger partial charge in [0.15, 0.2) is 11.5 Å². The first-order valence-electron chi connectivity index (χ1n) is 5.70. The average molecular weight is 281 g/mol. The summed E-state index contributed by atoms with van der Waals surface area (Å²) < 4.78 is 1.44. The van der Waals surface area contributed by atoms with Crippen LogP contribution < -0.4 is 10.6 Å². The fraction of sp³-hybridized carbons (Fsp3) is 0.273. The predicted octanol–water partition coefficient (Wildman–Crippen LogP) is 1.11. The monoisotopic (exact) mass is 280 g/mol. The van der Waals surface area contributed by atoms with Gasteiger partial charge in [0.05, 0.1) is 6.20 Å². The number of rotatable bonds is 4. The number of aromatic nitrogens is 4. The molecule has 100 valence electrons. The molecule has 0 bridgehead atoms. The molecule has 2 aromatic heterocycles. The second kappa shape index (κ2) is 5.66. The molecule has 0 unspecified atom stereocenters. The van der Waals surface area contributed by atoms with E-state index in [9.17, 15) is 4.79 Å². The Morgan fingerprint density at radius 2 is 2.32 bits per heavy atom. The molecule has 2 heterocycles. The van der Waals surface area contributed by atoms with Gasteiger partial charge in [0.1, 0.15) is 5.02 Å². The molecule has 0 saturated heterocycles. The zero-order chi connectivity index (χ0) is 13.8. The summed E-state index contributed by atoms with van der Waals surface area (Å²) in [6.07, 6.45) is 3.11. The van der Waals surface area contributed by atoms with E-state index in [0.717, 1.165) is 0 Å². The van der Waals surface area contributed by atoms with Crippen LogP contribution in [-0.2, 0) is 0 Å². The zero-order valence-corrected chi connectivity index (χ0v) is 11.3. The first kappa shape index (κ1) is 13.3. The van der Waals surface area contributed by atoms with Crippen molar-refractivity contribution in [3.63, 3.8) is 0 Å². The lowest BCUT2D eigenvalue weighted by molar-refractivity contribution is 0.0957. The molecular formula is C11H13ClN6O. The van der Waals surface area contributed by atoms with Crippen LogP contribution in [0.4, 0.5) is 5.95 Å². The van der Waals surface area contributed by atoms with Gasteiger partial charge in [0, 0.05) is 19.8 Å². The van der Waals surface area contributed by atoms with E-state index in [0.29, 0.717) is 29.0 Å². The Bertz CT molecular complexity index is 597. The summed E-state index contributed by atoms with van der Waals surface area (Å²) in [6.45, 7) is 2.64. The molecule has 1 amide bonds. The van der Waals surface area contributed by atoms with Gasteiger partial charge in [-0.3, -0.25) is 4.79 Å². The summed E-state index contributed by atoms with van der Waals surface area (Å²) in [5.41, 5.74) is 0.294. The standard InChI is InChI=1S/C11H13ClN6O/c1-3-14-11-15-6-7(12)9(16-11)18-5-4-8(17-18)10(19)13-2/h4-6H,3H2,1-2H3,(H,13,19)(H,14,15,16). The molecule has 0 aliphatic carbocycles. The van der Waals surface area contributed by atoms with E-state index >= 15 is 0 Å². The molecule has 0 spiro atoms. The summed E-state index contributed by atoms with van der Waals surface area (Å²) in [5, 5.41) is 9.95. The van der Waals surface area contributed by atoms with Crippen LogP contribution in [0.5, 0.6) is 0 Å². The molecule has 0 saturated carbocycles. The Morgan fingerprint density at radius 1 is 1.53 bits per heavy atom. The SMILES string of the molecule is CCNc1ncc(Cl)c(-n2ccc(C(=O)NC)n2)n1. The maximum atomic E-state index is 11.4. The zero-order valence-electron chi connectivity index (χ0n) is 10.5. The lowest BCUT2D eigenvalue weighted by Crippen LogP contribution is -2.18. The minimum Gasteiger partial charge on any atom is -0.354 e. The Morgan fingerprint density at radius 3 is 3.00 bits per heavy atom. The van der Waals surface area contributed by atoms with E-state index in [1.54, 1.807) is 19.3 Å². The van der Waals surface area contributed by atoms with Crippen LogP contribution in [0.15, 0.2) is 18.5 Å². The average Bonchev–Trinajstić information content (AvgIpc) is 2.90. The highest BCUT2D eigenvalue weighted by Gasteiger charge is 2.12. The number of hydrogen-bond donors (Lipinski definition) is 2. The Kier molecular flexibility index (Phi) is 3.96. The molecule has 0 radical (unpaired) electrons. The van der Waals surface area contributed by atoms with Crippen molar-refractivity contribution in [2.75, 3.05) is 18.9 Å². The Hall–Kier alpha value is -2.15. The van der Waals surface area contributed by atoms with Crippen LogP contribution in [-0.4, -0.2) is 39.2 Å². The van der Waals surface area contributed by atoms with E-state index in [2.05, 4.69) is 25.7 Å². The molecule has 0 fully saturated rings. The predicted molar refractivity (Wildman–Crippen MR) is 71.7 cm³/mol. The van der Waals surface area contributed by atoms with Crippen molar-refractivity contribution < 1.29 is 4.79 Å². The highest BCUT2D eigenvalue weighted by atomic mass is 35.5. The van der Waals surface area contributed by atoms with Crippen molar-refractivity contribution in [3.05, 3.63) is 29.2 Å². The second-order valence-corrected chi connectivity index (χ2v) is 4.03. The smallest absolute Gasteiger partial charge is 0.271 e. The minimum absolute atomic E-state index is 0.268. The van der Waals surface area contributed by atoms with Gasteiger partial charge in [-0.05, 0) is 13.0 Å². The first-order chi connectivity index (χ1) is 9.15. The number of nitrogens with one attached hydrogen (secondary N) is 2. The number of halogens is 1. The van der Waals surface area contributed by atoms with E-state index in [4.69, 9.17) is 11.6 Å². The number of hydrogen-bond acceptors (Lipinski definition) is 5. The van der Waals surface area contributed by atoms with Gasteiger partial charge < -0.3 is 10.6 Å². The van der Waals surface area contributed by atoms with Crippen molar-refractivity contribution in [3.8, 4) is 5.82 Å². The molecule has 2 rings (SSSR count). The minimum atomic E-state index is -0.268. The van der Waals surface area contributed by atoms with Crippen molar-refractivity contribution >= 4 is 23.5 Å². The van der Waals surface area contributed by atoms with E-state index in [1.165, 1.54) is 10.9 Å². The number of carbonyl (C=O) groups is 1. The lowest BCUT2D eigenvalue weighted by atomic mass is 10.4. The van der Waals surface area contributed by atoms with E-state index in [-0.39, 0.29) is 5.91 Å². The maximum absolute atomic E-state index is 11.4. The van der Waals surface area contributed by atoms with Gasteiger partial charge in [-0.25, -0.2) is 9.67 Å². The quantitative estimate of drug-likeness (QED) is 0.876. The molecule has 0 aromatic carbocycles. The fourth-order valence-corrected chi connectivity index (χ4v) is 1.63. The van der Waals surface area contributed by atoms with Crippen molar-refractivity contribution in [2.45, 2.75) is 6.92 Å². The molecule has 8 heteroatoms. The number of anilines is 1. The van der Waals surface area contributed by atoms with Crippen LogP contribution in [0.1, 0.15) is 17.4 Å². The van der Waals surface area contributed by atoms with Crippen molar-refractivity contribution in [1.82, 2.24) is 25.1 Å². The van der Waals surface area contributed by atoms with Gasteiger partial charge in [0.25, 0.3) is 5.91 Å². The van der Waals surface area contributed by atoms with E-state index < -0.39 is 0 Å². The fourth-order valence-electron chi connectivity index (χ4n) is 1.45. The second-order valence-electron chi connectivity index (χ2n) is 3.62. The summed E-state index contributed by atoms with van der Waals surface area (Å²) in [4.78, 5) is 19.7. The third-order valence-electron chi connectivity index (χ3n) is 2.33. The molecule has 7 nitrogen and oxygen atoms in total. The Balaban J connectivity index is 2.37. The van der Waals surface area contributed by atoms with Gasteiger partial charge in [-0.1, -0.05) is 11.6 Å². The largest absolute Gasteiger partial charge is 0.354 e. The summed E-state index contributed by atoms with van der Waals surface area (Å²) in [6, 6.07) is 1.59. The lowest BCUT2D eigenvalue weighted by Gasteiger charge is -2.06. The van der Waals surface area contributed by atoms with Crippen molar-refractivity contribution in [1.29, 1.82) is 0 Å². The van der Waals surface area contributed by atoms with Gasteiger partial charge >= 0.3 is 0 Å². The molecule has 0 aliphatic heterocycles. The van der Waals surface area contributed by atoms with Crippen LogP contribution in [0.2, 0.25) is 5.02 Å². The number of amides is 1. The maximum Gasteiger partial charge on any atom is 0.271 e.